The van der Waals surface area contributed by atoms with Crippen molar-refractivity contribution in [3.8, 4) is 5.75 Å². The highest BCUT2D eigenvalue weighted by atomic mass is 16.5. The van der Waals surface area contributed by atoms with Crippen molar-refractivity contribution in [1.29, 1.82) is 0 Å². The predicted molar refractivity (Wildman–Crippen MR) is 115 cm³/mol. The molecule has 0 saturated carbocycles. The van der Waals surface area contributed by atoms with Crippen LogP contribution in [0.15, 0.2) is 60.9 Å². The van der Waals surface area contributed by atoms with E-state index >= 15 is 0 Å². The number of nitrogens with zero attached hydrogens (tertiary/aromatic N) is 2. The Kier molecular flexibility index (Phi) is 6.12. The fourth-order valence-electron chi connectivity index (χ4n) is 2.82. The Morgan fingerprint density at radius 3 is 2.34 bits per heavy atom. The third-order valence-electron chi connectivity index (χ3n) is 4.55. The Morgan fingerprint density at radius 1 is 1.00 bits per heavy atom. The van der Waals surface area contributed by atoms with E-state index in [1.807, 2.05) is 48.5 Å². The SMILES string of the molecule is COc1ccccc1CNc1cnc(C(=O)Nc2ccc(C(C)(C)C)cc2)cn1. The summed E-state index contributed by atoms with van der Waals surface area (Å²) in [5.74, 6) is 1.10. The second-order valence-corrected chi connectivity index (χ2v) is 7.73. The zero-order valence-corrected chi connectivity index (χ0v) is 17.2. The van der Waals surface area contributed by atoms with Crippen LogP contribution in [0.1, 0.15) is 42.4 Å². The minimum absolute atomic E-state index is 0.0701. The van der Waals surface area contributed by atoms with E-state index in [1.54, 1.807) is 13.3 Å². The molecule has 0 atom stereocenters. The number of ether oxygens (including phenoxy) is 1. The third kappa shape index (κ3) is 5.31. The van der Waals surface area contributed by atoms with E-state index in [9.17, 15) is 4.79 Å². The van der Waals surface area contributed by atoms with Crippen LogP contribution in [0.5, 0.6) is 5.75 Å². The molecule has 0 fully saturated rings. The summed E-state index contributed by atoms with van der Waals surface area (Å²) in [6.45, 7) is 7.00. The molecular formula is C23H26N4O2. The van der Waals surface area contributed by atoms with Crippen LogP contribution in [0.25, 0.3) is 0 Å². The molecule has 2 aromatic carbocycles. The molecule has 29 heavy (non-hydrogen) atoms. The fraction of sp³-hybridized carbons (Fsp3) is 0.261. The van der Waals surface area contributed by atoms with Crippen LogP contribution in [0.3, 0.4) is 0 Å². The molecule has 3 aromatic rings. The molecule has 0 aliphatic carbocycles. The van der Waals surface area contributed by atoms with Crippen LogP contribution in [-0.2, 0) is 12.0 Å². The number of para-hydroxylation sites is 1. The first kappa shape index (κ1) is 20.3. The summed E-state index contributed by atoms with van der Waals surface area (Å²) >= 11 is 0. The number of amides is 1. The van der Waals surface area contributed by atoms with E-state index in [4.69, 9.17) is 4.74 Å². The molecule has 1 amide bonds. The average Bonchev–Trinajstić information content (AvgIpc) is 2.72. The zero-order chi connectivity index (χ0) is 20.9. The summed E-state index contributed by atoms with van der Waals surface area (Å²) in [6, 6.07) is 15.6. The molecule has 0 spiro atoms. The second kappa shape index (κ2) is 8.73. The Labute approximate surface area is 171 Å². The van der Waals surface area contributed by atoms with E-state index in [-0.39, 0.29) is 17.0 Å². The minimum atomic E-state index is -0.294. The van der Waals surface area contributed by atoms with Crippen molar-refractivity contribution in [2.24, 2.45) is 0 Å². The van der Waals surface area contributed by atoms with E-state index in [2.05, 4.69) is 41.4 Å². The summed E-state index contributed by atoms with van der Waals surface area (Å²) < 4.78 is 5.34. The van der Waals surface area contributed by atoms with Gasteiger partial charge in [0.15, 0.2) is 0 Å². The molecule has 6 nitrogen and oxygen atoms in total. The summed E-state index contributed by atoms with van der Waals surface area (Å²) in [7, 11) is 1.64. The molecule has 0 aliphatic rings. The maximum absolute atomic E-state index is 12.4. The number of nitrogens with one attached hydrogen (secondary N) is 2. The van der Waals surface area contributed by atoms with Crippen molar-refractivity contribution in [1.82, 2.24) is 9.97 Å². The molecule has 6 heteroatoms. The van der Waals surface area contributed by atoms with Gasteiger partial charge in [-0.2, -0.15) is 0 Å². The smallest absolute Gasteiger partial charge is 0.275 e. The molecule has 0 unspecified atom stereocenters. The van der Waals surface area contributed by atoms with Crippen LogP contribution in [0, 0.1) is 0 Å². The van der Waals surface area contributed by atoms with Crippen LogP contribution in [0.4, 0.5) is 11.5 Å². The topological polar surface area (TPSA) is 76.1 Å². The predicted octanol–water partition coefficient (Wildman–Crippen LogP) is 4.65. The maximum Gasteiger partial charge on any atom is 0.275 e. The first-order chi connectivity index (χ1) is 13.9. The highest BCUT2D eigenvalue weighted by molar-refractivity contribution is 6.02. The normalized spacial score (nSPS) is 11.0. The maximum atomic E-state index is 12.4. The van der Waals surface area contributed by atoms with Gasteiger partial charge in [-0.1, -0.05) is 51.1 Å². The van der Waals surface area contributed by atoms with Gasteiger partial charge >= 0.3 is 0 Å². The number of hydrogen-bond acceptors (Lipinski definition) is 5. The number of rotatable bonds is 6. The summed E-state index contributed by atoms with van der Waals surface area (Å²) in [4.78, 5) is 20.9. The molecule has 0 aliphatic heterocycles. The number of carbonyl (C=O) groups excluding carboxylic acids is 1. The second-order valence-electron chi connectivity index (χ2n) is 7.73. The Hall–Kier alpha value is -3.41. The van der Waals surface area contributed by atoms with E-state index in [0.717, 1.165) is 17.0 Å². The quantitative estimate of drug-likeness (QED) is 0.641. The van der Waals surface area contributed by atoms with Crippen LogP contribution in [0.2, 0.25) is 0 Å². The number of hydrogen-bond donors (Lipinski definition) is 2. The Bertz CT molecular complexity index is 961. The van der Waals surface area contributed by atoms with Crippen molar-refractivity contribution in [3.05, 3.63) is 77.7 Å². The van der Waals surface area contributed by atoms with Crippen LogP contribution in [-0.4, -0.2) is 23.0 Å². The van der Waals surface area contributed by atoms with Gasteiger partial charge in [0.05, 0.1) is 19.5 Å². The number of carbonyl (C=O) groups is 1. The van der Waals surface area contributed by atoms with Crippen molar-refractivity contribution in [2.75, 3.05) is 17.7 Å². The third-order valence-corrected chi connectivity index (χ3v) is 4.55. The van der Waals surface area contributed by atoms with Crippen molar-refractivity contribution in [3.63, 3.8) is 0 Å². The molecule has 1 heterocycles. The minimum Gasteiger partial charge on any atom is -0.496 e. The van der Waals surface area contributed by atoms with Gasteiger partial charge in [-0.15, -0.1) is 0 Å². The highest BCUT2D eigenvalue weighted by Gasteiger charge is 2.14. The van der Waals surface area contributed by atoms with Crippen LogP contribution >= 0.6 is 0 Å². The highest BCUT2D eigenvalue weighted by Crippen LogP contribution is 2.23. The van der Waals surface area contributed by atoms with Gasteiger partial charge in [-0.25, -0.2) is 9.97 Å². The largest absolute Gasteiger partial charge is 0.496 e. The lowest BCUT2D eigenvalue weighted by atomic mass is 9.87. The summed E-state index contributed by atoms with van der Waals surface area (Å²) in [5.41, 5.74) is 3.27. The van der Waals surface area contributed by atoms with Crippen molar-refractivity contribution in [2.45, 2.75) is 32.7 Å². The molecular weight excluding hydrogens is 364 g/mol. The first-order valence-electron chi connectivity index (χ1n) is 9.46. The molecule has 150 valence electrons. The molecule has 2 N–H and O–H groups in total. The molecule has 3 rings (SSSR count). The molecule has 0 radical (unpaired) electrons. The zero-order valence-electron chi connectivity index (χ0n) is 17.2. The van der Waals surface area contributed by atoms with Gasteiger partial charge in [0.2, 0.25) is 0 Å². The van der Waals surface area contributed by atoms with Gasteiger partial charge < -0.3 is 15.4 Å². The van der Waals surface area contributed by atoms with Gasteiger partial charge in [-0.05, 0) is 29.2 Å². The lowest BCUT2D eigenvalue weighted by molar-refractivity contribution is 0.102. The van der Waals surface area contributed by atoms with Crippen LogP contribution < -0.4 is 15.4 Å². The fourth-order valence-corrected chi connectivity index (χ4v) is 2.82. The van der Waals surface area contributed by atoms with Gasteiger partial charge in [0, 0.05) is 17.8 Å². The van der Waals surface area contributed by atoms with Gasteiger partial charge in [0.25, 0.3) is 5.91 Å². The average molecular weight is 390 g/mol. The standard InChI is InChI=1S/C23H26N4O2/c1-23(2,3)17-9-11-18(12-10-17)27-22(28)19-14-26-21(15-24-19)25-13-16-7-5-6-8-20(16)29-4/h5-12,14-15H,13H2,1-4H3,(H,25,26)(H,27,28). The first-order valence-corrected chi connectivity index (χ1v) is 9.46. The summed E-state index contributed by atoms with van der Waals surface area (Å²) in [6.07, 6.45) is 3.01. The molecule has 1 aromatic heterocycles. The Balaban J connectivity index is 1.60. The molecule has 0 saturated heterocycles. The van der Waals surface area contributed by atoms with Crippen molar-refractivity contribution >= 4 is 17.4 Å². The van der Waals surface area contributed by atoms with Gasteiger partial charge in [-0.3, -0.25) is 4.79 Å². The number of benzene rings is 2. The van der Waals surface area contributed by atoms with E-state index < -0.39 is 0 Å². The molecule has 0 bridgehead atoms. The number of anilines is 2. The summed E-state index contributed by atoms with van der Waals surface area (Å²) in [5, 5.41) is 6.04. The lowest BCUT2D eigenvalue weighted by Gasteiger charge is -2.19. The monoisotopic (exact) mass is 390 g/mol. The lowest BCUT2D eigenvalue weighted by Crippen LogP contribution is -2.15. The van der Waals surface area contributed by atoms with Gasteiger partial charge in [0.1, 0.15) is 17.3 Å². The number of methoxy groups -OCH3 is 1. The van der Waals surface area contributed by atoms with E-state index in [1.165, 1.54) is 11.8 Å². The van der Waals surface area contributed by atoms with E-state index in [0.29, 0.717) is 12.4 Å². The Morgan fingerprint density at radius 2 is 1.72 bits per heavy atom. The number of aromatic nitrogens is 2. The van der Waals surface area contributed by atoms with Crippen molar-refractivity contribution < 1.29 is 9.53 Å².